The minimum absolute atomic E-state index is 0.475. The highest BCUT2D eigenvalue weighted by Crippen LogP contribution is 2.43. The molecule has 1 saturated carbocycles. The standard InChI is InChI=1S/C14H21N3/c1-17-10-14(6-2-3-7-14)9-16-12-8-11(15)4-5-13(12)17/h4-5,8,16H,2-3,6-7,9-10,15H2,1H3. The van der Waals surface area contributed by atoms with Crippen molar-refractivity contribution in [1.29, 1.82) is 0 Å². The van der Waals surface area contributed by atoms with E-state index in [0.29, 0.717) is 5.41 Å². The zero-order chi connectivity index (χ0) is 11.9. The molecular formula is C14H21N3. The quantitative estimate of drug-likeness (QED) is 0.675. The van der Waals surface area contributed by atoms with E-state index in [4.69, 9.17) is 5.73 Å². The van der Waals surface area contributed by atoms with Gasteiger partial charge in [-0.05, 0) is 31.0 Å². The summed E-state index contributed by atoms with van der Waals surface area (Å²) in [5, 5.41) is 3.61. The van der Waals surface area contributed by atoms with Crippen molar-refractivity contribution in [2.45, 2.75) is 25.7 Å². The number of nitrogens with two attached hydrogens (primary N) is 1. The molecule has 92 valence electrons. The molecule has 3 heteroatoms. The van der Waals surface area contributed by atoms with Crippen molar-refractivity contribution in [3.63, 3.8) is 0 Å². The van der Waals surface area contributed by atoms with Crippen LogP contribution in [0.1, 0.15) is 25.7 Å². The Balaban J connectivity index is 1.94. The van der Waals surface area contributed by atoms with Gasteiger partial charge in [-0.25, -0.2) is 0 Å². The second kappa shape index (κ2) is 3.83. The van der Waals surface area contributed by atoms with E-state index in [1.807, 2.05) is 6.07 Å². The summed E-state index contributed by atoms with van der Waals surface area (Å²) in [7, 11) is 2.20. The Morgan fingerprint density at radius 2 is 2.06 bits per heavy atom. The third-order valence-corrected chi connectivity index (χ3v) is 4.32. The molecule has 1 aliphatic heterocycles. The second-order valence-electron chi connectivity index (χ2n) is 5.69. The predicted octanol–water partition coefficient (Wildman–Crippen LogP) is 2.69. The molecule has 0 bridgehead atoms. The maximum atomic E-state index is 5.86. The first kappa shape index (κ1) is 10.8. The lowest BCUT2D eigenvalue weighted by molar-refractivity contribution is 0.330. The SMILES string of the molecule is CN1CC2(CCCC2)CNc2cc(N)ccc21. The molecule has 3 rings (SSSR count). The van der Waals surface area contributed by atoms with E-state index in [1.165, 1.54) is 37.1 Å². The normalized spacial score (nSPS) is 22.1. The van der Waals surface area contributed by atoms with Crippen molar-refractivity contribution < 1.29 is 0 Å². The highest BCUT2D eigenvalue weighted by atomic mass is 15.2. The number of anilines is 3. The van der Waals surface area contributed by atoms with Crippen molar-refractivity contribution in [3.05, 3.63) is 18.2 Å². The van der Waals surface area contributed by atoms with Gasteiger partial charge in [-0.15, -0.1) is 0 Å². The molecule has 1 aromatic carbocycles. The summed E-state index contributed by atoms with van der Waals surface area (Å²) in [6.45, 7) is 2.25. The molecule has 0 saturated heterocycles. The number of fused-ring (bicyclic) bond motifs is 1. The van der Waals surface area contributed by atoms with Gasteiger partial charge in [0.05, 0.1) is 11.4 Å². The molecule has 1 aromatic rings. The van der Waals surface area contributed by atoms with Crippen LogP contribution in [-0.4, -0.2) is 20.1 Å². The van der Waals surface area contributed by atoms with Crippen LogP contribution in [0.2, 0.25) is 0 Å². The third-order valence-electron chi connectivity index (χ3n) is 4.32. The fourth-order valence-corrected chi connectivity index (χ4v) is 3.41. The molecule has 0 atom stereocenters. The zero-order valence-corrected chi connectivity index (χ0v) is 10.5. The van der Waals surface area contributed by atoms with Gasteiger partial charge in [0.15, 0.2) is 0 Å². The summed E-state index contributed by atoms with van der Waals surface area (Å²) >= 11 is 0. The van der Waals surface area contributed by atoms with Crippen LogP contribution in [0.4, 0.5) is 17.1 Å². The lowest BCUT2D eigenvalue weighted by Crippen LogP contribution is -2.36. The number of benzene rings is 1. The van der Waals surface area contributed by atoms with E-state index >= 15 is 0 Å². The van der Waals surface area contributed by atoms with Gasteiger partial charge in [-0.1, -0.05) is 12.8 Å². The molecule has 3 nitrogen and oxygen atoms in total. The van der Waals surface area contributed by atoms with Crippen molar-refractivity contribution in [2.75, 3.05) is 36.1 Å². The topological polar surface area (TPSA) is 41.3 Å². The third kappa shape index (κ3) is 1.84. The van der Waals surface area contributed by atoms with Crippen molar-refractivity contribution in [2.24, 2.45) is 5.41 Å². The lowest BCUT2D eigenvalue weighted by Gasteiger charge is -2.31. The number of hydrogen-bond donors (Lipinski definition) is 2. The Hall–Kier alpha value is -1.38. The van der Waals surface area contributed by atoms with Gasteiger partial charge in [0.2, 0.25) is 0 Å². The van der Waals surface area contributed by atoms with E-state index in [9.17, 15) is 0 Å². The van der Waals surface area contributed by atoms with Crippen LogP contribution in [0.5, 0.6) is 0 Å². The summed E-state index contributed by atoms with van der Waals surface area (Å²) in [6.07, 6.45) is 5.48. The van der Waals surface area contributed by atoms with Crippen LogP contribution in [0, 0.1) is 5.41 Å². The fraction of sp³-hybridized carbons (Fsp3) is 0.571. The van der Waals surface area contributed by atoms with E-state index in [-0.39, 0.29) is 0 Å². The molecule has 1 spiro atoms. The Labute approximate surface area is 103 Å². The predicted molar refractivity (Wildman–Crippen MR) is 73.5 cm³/mol. The summed E-state index contributed by atoms with van der Waals surface area (Å²) in [5.41, 5.74) is 9.65. The van der Waals surface area contributed by atoms with Gasteiger partial charge in [0.1, 0.15) is 0 Å². The molecule has 0 radical (unpaired) electrons. The summed E-state index contributed by atoms with van der Waals surface area (Å²) in [4.78, 5) is 2.39. The zero-order valence-electron chi connectivity index (χ0n) is 10.5. The number of hydrogen-bond acceptors (Lipinski definition) is 3. The first-order chi connectivity index (χ1) is 8.19. The second-order valence-corrected chi connectivity index (χ2v) is 5.69. The van der Waals surface area contributed by atoms with Gasteiger partial charge in [-0.3, -0.25) is 0 Å². The first-order valence-electron chi connectivity index (χ1n) is 6.53. The van der Waals surface area contributed by atoms with Gasteiger partial charge in [0.25, 0.3) is 0 Å². The molecule has 0 unspecified atom stereocenters. The highest BCUT2D eigenvalue weighted by Gasteiger charge is 2.37. The average molecular weight is 231 g/mol. The van der Waals surface area contributed by atoms with Crippen LogP contribution in [0.3, 0.4) is 0 Å². The number of nitrogens with one attached hydrogen (secondary N) is 1. The van der Waals surface area contributed by atoms with Crippen LogP contribution in [0.25, 0.3) is 0 Å². The summed E-state index contributed by atoms with van der Waals surface area (Å²) in [6, 6.07) is 6.18. The molecule has 1 heterocycles. The van der Waals surface area contributed by atoms with Gasteiger partial charge in [-0.2, -0.15) is 0 Å². The fourth-order valence-electron chi connectivity index (χ4n) is 3.41. The van der Waals surface area contributed by atoms with E-state index in [1.54, 1.807) is 0 Å². The first-order valence-corrected chi connectivity index (χ1v) is 6.53. The van der Waals surface area contributed by atoms with Crippen LogP contribution >= 0.6 is 0 Å². The van der Waals surface area contributed by atoms with Gasteiger partial charge >= 0.3 is 0 Å². The van der Waals surface area contributed by atoms with E-state index in [0.717, 1.165) is 18.8 Å². The molecule has 2 aliphatic rings. The molecular weight excluding hydrogens is 210 g/mol. The smallest absolute Gasteiger partial charge is 0.0601 e. The Morgan fingerprint density at radius 1 is 1.29 bits per heavy atom. The van der Waals surface area contributed by atoms with Crippen molar-refractivity contribution in [1.82, 2.24) is 0 Å². The Morgan fingerprint density at radius 3 is 2.82 bits per heavy atom. The monoisotopic (exact) mass is 231 g/mol. The molecule has 1 aliphatic carbocycles. The van der Waals surface area contributed by atoms with Crippen molar-refractivity contribution in [3.8, 4) is 0 Å². The summed E-state index contributed by atoms with van der Waals surface area (Å²) < 4.78 is 0. The van der Waals surface area contributed by atoms with Gasteiger partial charge in [0, 0.05) is 31.2 Å². The largest absolute Gasteiger partial charge is 0.399 e. The van der Waals surface area contributed by atoms with Crippen molar-refractivity contribution >= 4 is 17.1 Å². The minimum atomic E-state index is 0.475. The molecule has 1 fully saturated rings. The Bertz CT molecular complexity index is 421. The van der Waals surface area contributed by atoms with E-state index in [2.05, 4.69) is 29.4 Å². The number of nitrogen functional groups attached to an aromatic ring is 1. The Kier molecular flexibility index (Phi) is 2.42. The molecule has 0 aromatic heterocycles. The highest BCUT2D eigenvalue weighted by molar-refractivity contribution is 5.74. The number of nitrogens with zero attached hydrogens (tertiary/aromatic N) is 1. The van der Waals surface area contributed by atoms with Crippen LogP contribution in [0.15, 0.2) is 18.2 Å². The maximum Gasteiger partial charge on any atom is 0.0601 e. The average Bonchev–Trinajstić information content (AvgIpc) is 2.70. The minimum Gasteiger partial charge on any atom is -0.399 e. The molecule has 17 heavy (non-hydrogen) atoms. The van der Waals surface area contributed by atoms with Crippen LogP contribution in [-0.2, 0) is 0 Å². The molecule has 0 amide bonds. The van der Waals surface area contributed by atoms with E-state index < -0.39 is 0 Å². The number of rotatable bonds is 0. The van der Waals surface area contributed by atoms with Gasteiger partial charge < -0.3 is 16.0 Å². The maximum absolute atomic E-state index is 5.86. The summed E-state index contributed by atoms with van der Waals surface area (Å²) in [5.74, 6) is 0. The lowest BCUT2D eigenvalue weighted by atomic mass is 9.86. The van der Waals surface area contributed by atoms with Crippen LogP contribution < -0.4 is 16.0 Å². The molecule has 3 N–H and O–H groups in total.